The monoisotopic (exact) mass is 256 g/mol. The average Bonchev–Trinajstić information content (AvgIpc) is 1.91. The SMILES string of the molecule is CCCCC(CBr)CBr. The van der Waals surface area contributed by atoms with Crippen LogP contribution in [0.1, 0.15) is 26.2 Å². The zero-order valence-electron chi connectivity index (χ0n) is 5.87. The minimum atomic E-state index is 0.838. The van der Waals surface area contributed by atoms with Crippen LogP contribution >= 0.6 is 31.9 Å². The van der Waals surface area contributed by atoms with Gasteiger partial charge in [0.1, 0.15) is 0 Å². The fourth-order valence-corrected chi connectivity index (χ4v) is 2.41. The van der Waals surface area contributed by atoms with Crippen LogP contribution in [0.3, 0.4) is 0 Å². The Kier molecular flexibility index (Phi) is 7.83. The fourth-order valence-electron chi connectivity index (χ4n) is 0.688. The molecule has 9 heavy (non-hydrogen) atoms. The second kappa shape index (κ2) is 7.07. The third-order valence-electron chi connectivity index (χ3n) is 1.40. The molecule has 0 heterocycles. The summed E-state index contributed by atoms with van der Waals surface area (Å²) in [7, 11) is 0. The van der Waals surface area contributed by atoms with Crippen molar-refractivity contribution >= 4 is 31.9 Å². The van der Waals surface area contributed by atoms with E-state index in [1.54, 1.807) is 0 Å². The highest BCUT2D eigenvalue weighted by molar-refractivity contribution is 9.09. The van der Waals surface area contributed by atoms with Gasteiger partial charge in [-0.15, -0.1) is 0 Å². The van der Waals surface area contributed by atoms with Gasteiger partial charge in [-0.3, -0.25) is 0 Å². The number of hydrogen-bond acceptors (Lipinski definition) is 0. The Labute approximate surface area is 74.7 Å². The lowest BCUT2D eigenvalue weighted by atomic mass is 10.1. The molecule has 0 fully saturated rings. The van der Waals surface area contributed by atoms with Gasteiger partial charge in [-0.05, 0) is 12.3 Å². The van der Waals surface area contributed by atoms with Gasteiger partial charge in [-0.25, -0.2) is 0 Å². The highest BCUT2D eigenvalue weighted by atomic mass is 79.9. The van der Waals surface area contributed by atoms with Gasteiger partial charge in [0.05, 0.1) is 0 Å². The highest BCUT2D eigenvalue weighted by Crippen LogP contribution is 2.13. The Morgan fingerprint density at radius 3 is 2.11 bits per heavy atom. The first-order valence-electron chi connectivity index (χ1n) is 3.47. The molecule has 0 rings (SSSR count). The maximum atomic E-state index is 3.48. The second-order valence-corrected chi connectivity index (χ2v) is 3.61. The molecule has 0 aliphatic carbocycles. The molecule has 0 spiro atoms. The molecule has 0 unspecified atom stereocenters. The first-order chi connectivity index (χ1) is 4.35. The topological polar surface area (TPSA) is 0 Å². The molecule has 0 nitrogen and oxygen atoms in total. The van der Waals surface area contributed by atoms with Crippen molar-refractivity contribution < 1.29 is 0 Å². The molecule has 56 valence electrons. The van der Waals surface area contributed by atoms with Gasteiger partial charge in [0, 0.05) is 10.7 Å². The van der Waals surface area contributed by atoms with Crippen LogP contribution in [-0.4, -0.2) is 10.7 Å². The molecule has 0 aliphatic rings. The van der Waals surface area contributed by atoms with Crippen molar-refractivity contribution in [3.05, 3.63) is 0 Å². The molecule has 2 heteroatoms. The first kappa shape index (κ1) is 9.96. The standard InChI is InChI=1S/C7H14Br2/c1-2-3-4-7(5-8)6-9/h7H,2-6H2,1H3. The average molecular weight is 258 g/mol. The maximum Gasteiger partial charge on any atom is 0.00676 e. The third-order valence-corrected chi connectivity index (χ3v) is 3.23. The van der Waals surface area contributed by atoms with Gasteiger partial charge < -0.3 is 0 Å². The lowest BCUT2D eigenvalue weighted by Gasteiger charge is -2.07. The van der Waals surface area contributed by atoms with E-state index in [1.165, 1.54) is 19.3 Å². The molecule has 0 saturated carbocycles. The van der Waals surface area contributed by atoms with E-state index in [9.17, 15) is 0 Å². The third kappa shape index (κ3) is 5.41. The molecule has 0 aromatic rings. The van der Waals surface area contributed by atoms with E-state index in [-0.39, 0.29) is 0 Å². The van der Waals surface area contributed by atoms with Crippen LogP contribution in [0, 0.1) is 5.92 Å². The summed E-state index contributed by atoms with van der Waals surface area (Å²) in [4.78, 5) is 0. The molecule has 0 bridgehead atoms. The molecule has 0 aromatic heterocycles. The normalized spacial score (nSPS) is 10.7. The summed E-state index contributed by atoms with van der Waals surface area (Å²) in [6, 6.07) is 0. The van der Waals surface area contributed by atoms with E-state index in [4.69, 9.17) is 0 Å². The van der Waals surface area contributed by atoms with E-state index >= 15 is 0 Å². The quantitative estimate of drug-likeness (QED) is 0.661. The van der Waals surface area contributed by atoms with Crippen LogP contribution in [-0.2, 0) is 0 Å². The number of halogens is 2. The largest absolute Gasteiger partial charge is 0.0925 e. The molecule has 0 amide bonds. The summed E-state index contributed by atoms with van der Waals surface area (Å²) < 4.78 is 0. The maximum absolute atomic E-state index is 3.48. The predicted molar refractivity (Wildman–Crippen MR) is 50.6 cm³/mol. The van der Waals surface area contributed by atoms with Gasteiger partial charge >= 0.3 is 0 Å². The van der Waals surface area contributed by atoms with Crippen LogP contribution in [0.15, 0.2) is 0 Å². The van der Waals surface area contributed by atoms with E-state index in [0.29, 0.717) is 0 Å². The van der Waals surface area contributed by atoms with Crippen LogP contribution in [0.25, 0.3) is 0 Å². The molecular formula is C7H14Br2. The number of hydrogen-bond donors (Lipinski definition) is 0. The van der Waals surface area contributed by atoms with Gasteiger partial charge in [-0.1, -0.05) is 51.6 Å². The van der Waals surface area contributed by atoms with Crippen molar-refractivity contribution in [1.82, 2.24) is 0 Å². The second-order valence-electron chi connectivity index (χ2n) is 2.32. The van der Waals surface area contributed by atoms with Gasteiger partial charge in [0.15, 0.2) is 0 Å². The minimum absolute atomic E-state index is 0.838. The Balaban J connectivity index is 3.09. The fraction of sp³-hybridized carbons (Fsp3) is 1.00. The van der Waals surface area contributed by atoms with E-state index < -0.39 is 0 Å². The van der Waals surface area contributed by atoms with Gasteiger partial charge in [-0.2, -0.15) is 0 Å². The van der Waals surface area contributed by atoms with E-state index in [2.05, 4.69) is 38.8 Å². The summed E-state index contributed by atoms with van der Waals surface area (Å²) in [5, 5.41) is 2.27. The zero-order valence-corrected chi connectivity index (χ0v) is 9.04. The Hall–Kier alpha value is 0.960. The molecule has 0 saturated heterocycles. The number of unbranched alkanes of at least 4 members (excludes halogenated alkanes) is 1. The summed E-state index contributed by atoms with van der Waals surface area (Å²) in [5.74, 6) is 0.838. The van der Waals surface area contributed by atoms with Crippen molar-refractivity contribution in [2.75, 3.05) is 10.7 Å². The Morgan fingerprint density at radius 2 is 1.78 bits per heavy atom. The molecule has 0 radical (unpaired) electrons. The zero-order chi connectivity index (χ0) is 7.11. The number of rotatable bonds is 5. The molecule has 0 aliphatic heterocycles. The molecular weight excluding hydrogens is 244 g/mol. The van der Waals surface area contributed by atoms with Crippen molar-refractivity contribution in [3.8, 4) is 0 Å². The molecule has 0 N–H and O–H groups in total. The van der Waals surface area contributed by atoms with Crippen LogP contribution < -0.4 is 0 Å². The Bertz CT molecular complexity index is 50.9. The summed E-state index contributed by atoms with van der Waals surface area (Å²) in [6.45, 7) is 2.24. The lowest BCUT2D eigenvalue weighted by molar-refractivity contribution is 0.571. The first-order valence-corrected chi connectivity index (χ1v) is 5.71. The molecule has 0 atom stereocenters. The van der Waals surface area contributed by atoms with Crippen molar-refractivity contribution in [2.24, 2.45) is 5.92 Å². The molecule has 0 aromatic carbocycles. The van der Waals surface area contributed by atoms with Crippen LogP contribution in [0.5, 0.6) is 0 Å². The van der Waals surface area contributed by atoms with E-state index in [0.717, 1.165) is 16.6 Å². The van der Waals surface area contributed by atoms with Crippen molar-refractivity contribution in [1.29, 1.82) is 0 Å². The van der Waals surface area contributed by atoms with Crippen molar-refractivity contribution in [3.63, 3.8) is 0 Å². The minimum Gasteiger partial charge on any atom is -0.0925 e. The Morgan fingerprint density at radius 1 is 1.22 bits per heavy atom. The van der Waals surface area contributed by atoms with Gasteiger partial charge in [0.25, 0.3) is 0 Å². The summed E-state index contributed by atoms with van der Waals surface area (Å²) >= 11 is 6.95. The summed E-state index contributed by atoms with van der Waals surface area (Å²) in [6.07, 6.45) is 4.03. The van der Waals surface area contributed by atoms with Crippen molar-refractivity contribution in [2.45, 2.75) is 26.2 Å². The highest BCUT2D eigenvalue weighted by Gasteiger charge is 2.02. The smallest absolute Gasteiger partial charge is 0.00676 e. The predicted octanol–water partition coefficient (Wildman–Crippen LogP) is 3.58. The number of alkyl halides is 2. The van der Waals surface area contributed by atoms with Gasteiger partial charge in [0.2, 0.25) is 0 Å². The van der Waals surface area contributed by atoms with Crippen LogP contribution in [0.4, 0.5) is 0 Å². The summed E-state index contributed by atoms with van der Waals surface area (Å²) in [5.41, 5.74) is 0. The van der Waals surface area contributed by atoms with E-state index in [1.807, 2.05) is 0 Å². The van der Waals surface area contributed by atoms with Crippen LogP contribution in [0.2, 0.25) is 0 Å². The lowest BCUT2D eigenvalue weighted by Crippen LogP contribution is -2.02.